The number of fused-ring (bicyclic) bond motifs is 1. The number of aromatic amines is 1. The van der Waals surface area contributed by atoms with Crippen LogP contribution in [0.5, 0.6) is 0 Å². The number of hydrogen-bond donors (Lipinski definition) is 3. The van der Waals surface area contributed by atoms with E-state index in [1.807, 2.05) is 19.4 Å². The predicted octanol–water partition coefficient (Wildman–Crippen LogP) is 3.08. The summed E-state index contributed by atoms with van der Waals surface area (Å²) in [5, 5.41) is 12.2. The highest BCUT2D eigenvalue weighted by Crippen LogP contribution is 2.34. The molecular weight excluding hydrogens is 312 g/mol. The van der Waals surface area contributed by atoms with Gasteiger partial charge in [-0.25, -0.2) is 4.98 Å². The van der Waals surface area contributed by atoms with Crippen LogP contribution in [0.15, 0.2) is 29.7 Å². The maximum Gasteiger partial charge on any atom is 0.139 e. The highest BCUT2D eigenvalue weighted by molar-refractivity contribution is 6.15. The lowest BCUT2D eigenvalue weighted by Gasteiger charge is -2.39. The molecule has 6 nitrogen and oxygen atoms in total. The van der Waals surface area contributed by atoms with E-state index in [2.05, 4.69) is 44.9 Å². The van der Waals surface area contributed by atoms with Crippen LogP contribution in [0.2, 0.25) is 0 Å². The topological polar surface area (TPSA) is 80.2 Å². The number of aliphatic imine (C=N–C) groups is 1. The van der Waals surface area contributed by atoms with Gasteiger partial charge in [-0.1, -0.05) is 13.3 Å². The Morgan fingerprint density at radius 1 is 1.60 bits per heavy atom. The van der Waals surface area contributed by atoms with Gasteiger partial charge in [-0.3, -0.25) is 4.99 Å². The molecule has 0 aliphatic carbocycles. The van der Waals surface area contributed by atoms with Crippen molar-refractivity contribution in [2.45, 2.75) is 25.8 Å². The first-order chi connectivity index (χ1) is 12.2. The summed E-state index contributed by atoms with van der Waals surface area (Å²) < 4.78 is 0. The van der Waals surface area contributed by atoms with Crippen molar-refractivity contribution in [1.29, 1.82) is 5.41 Å². The Labute approximate surface area is 148 Å². The monoisotopic (exact) mass is 338 g/mol. The summed E-state index contributed by atoms with van der Waals surface area (Å²) in [5.74, 6) is 0.714. The Kier molecular flexibility index (Phi) is 5.28. The Balaban J connectivity index is 2.05. The third-order valence-corrected chi connectivity index (χ3v) is 5.24. The zero-order valence-electron chi connectivity index (χ0n) is 14.9. The van der Waals surface area contributed by atoms with Crippen LogP contribution < -0.4 is 10.2 Å². The molecule has 0 spiro atoms. The van der Waals surface area contributed by atoms with Crippen molar-refractivity contribution in [3.05, 3.63) is 30.2 Å². The Morgan fingerprint density at radius 2 is 2.44 bits per heavy atom. The van der Waals surface area contributed by atoms with Crippen molar-refractivity contribution in [2.24, 2.45) is 10.9 Å². The molecule has 2 aromatic rings. The fourth-order valence-corrected chi connectivity index (χ4v) is 3.85. The summed E-state index contributed by atoms with van der Waals surface area (Å²) in [6, 6.07) is 2.55. The van der Waals surface area contributed by atoms with Gasteiger partial charge in [0.05, 0.1) is 5.39 Å². The third kappa shape index (κ3) is 3.22. The second-order valence-corrected chi connectivity index (χ2v) is 6.47. The number of allylic oxidation sites excluding steroid dienone is 1. The quantitative estimate of drug-likeness (QED) is 0.708. The fraction of sp³-hybridized carbons (Fsp3) is 0.421. The normalized spacial score (nSPS) is 21.5. The summed E-state index contributed by atoms with van der Waals surface area (Å²) in [6.45, 7) is 7.79. The molecule has 0 bridgehead atoms. The largest absolute Gasteiger partial charge is 0.369 e. The van der Waals surface area contributed by atoms with Crippen LogP contribution in [-0.2, 0) is 0 Å². The van der Waals surface area contributed by atoms with Gasteiger partial charge in [0.15, 0.2) is 0 Å². The number of H-pyrrole nitrogens is 1. The molecule has 2 unspecified atom stereocenters. The van der Waals surface area contributed by atoms with Gasteiger partial charge in [0, 0.05) is 60.8 Å². The molecule has 132 valence electrons. The number of nitrogens with one attached hydrogen (secondary N) is 3. The molecule has 25 heavy (non-hydrogen) atoms. The van der Waals surface area contributed by atoms with Crippen LogP contribution in [0.3, 0.4) is 0 Å². The average molecular weight is 338 g/mol. The number of piperidine rings is 1. The Bertz CT molecular complexity index is 790. The lowest BCUT2D eigenvalue weighted by Crippen LogP contribution is -2.49. The van der Waals surface area contributed by atoms with Crippen LogP contribution >= 0.6 is 0 Å². The lowest BCUT2D eigenvalue weighted by molar-refractivity contribution is 0.307. The molecule has 6 heteroatoms. The SMILES string of the molecule is C=N/C=C(\C=N)c1c[nH]c2nccc(N3CCC(CC)C(NC)C3)c12. The van der Waals surface area contributed by atoms with E-state index in [0.717, 1.165) is 40.9 Å². The number of aromatic nitrogens is 2. The average Bonchev–Trinajstić information content (AvgIpc) is 3.09. The van der Waals surface area contributed by atoms with E-state index < -0.39 is 0 Å². The van der Waals surface area contributed by atoms with Crippen LogP contribution in [0.4, 0.5) is 5.69 Å². The van der Waals surface area contributed by atoms with Gasteiger partial charge < -0.3 is 20.6 Å². The number of rotatable bonds is 6. The summed E-state index contributed by atoms with van der Waals surface area (Å²) in [4.78, 5) is 13.9. The summed E-state index contributed by atoms with van der Waals surface area (Å²) >= 11 is 0. The van der Waals surface area contributed by atoms with Crippen molar-refractivity contribution in [3.63, 3.8) is 0 Å². The van der Waals surface area contributed by atoms with E-state index in [-0.39, 0.29) is 0 Å². The molecule has 3 heterocycles. The highest BCUT2D eigenvalue weighted by Gasteiger charge is 2.28. The standard InChI is InChI=1S/C19H26N6/c1-4-13-6-8-25(12-16(13)22-3)17-5-7-23-19-18(17)15(11-24-19)14(9-20)10-21-2/h5,7,9-11,13,16,20,22H,2,4,6,8,12H2,1,3H3,(H,23,24)/b14-10+,20-9?. The van der Waals surface area contributed by atoms with Gasteiger partial charge in [-0.15, -0.1) is 0 Å². The van der Waals surface area contributed by atoms with Gasteiger partial charge in [0.25, 0.3) is 0 Å². The van der Waals surface area contributed by atoms with Crippen molar-refractivity contribution < 1.29 is 0 Å². The zero-order chi connectivity index (χ0) is 17.8. The van der Waals surface area contributed by atoms with Gasteiger partial charge in [0.2, 0.25) is 0 Å². The third-order valence-electron chi connectivity index (χ3n) is 5.24. The van der Waals surface area contributed by atoms with Gasteiger partial charge >= 0.3 is 0 Å². The molecule has 0 amide bonds. The number of anilines is 1. The number of likely N-dealkylation sites (N-methyl/N-ethyl adjacent to an activating group) is 1. The lowest BCUT2D eigenvalue weighted by atomic mass is 9.89. The van der Waals surface area contributed by atoms with Gasteiger partial charge in [-0.05, 0) is 32.2 Å². The molecule has 0 aromatic carbocycles. The minimum Gasteiger partial charge on any atom is -0.369 e. The molecule has 3 N–H and O–H groups in total. The molecule has 1 aliphatic rings. The smallest absolute Gasteiger partial charge is 0.139 e. The van der Waals surface area contributed by atoms with E-state index in [9.17, 15) is 0 Å². The number of nitrogens with zero attached hydrogens (tertiary/aromatic N) is 3. The summed E-state index contributed by atoms with van der Waals surface area (Å²) in [5.41, 5.74) is 3.67. The van der Waals surface area contributed by atoms with E-state index in [4.69, 9.17) is 5.41 Å². The molecule has 0 radical (unpaired) electrons. The number of hydrogen-bond acceptors (Lipinski definition) is 5. The molecule has 2 aromatic heterocycles. The number of pyridine rings is 1. The van der Waals surface area contributed by atoms with Crippen LogP contribution in [0.25, 0.3) is 16.6 Å². The zero-order valence-corrected chi connectivity index (χ0v) is 14.9. The molecule has 1 aliphatic heterocycles. The first kappa shape index (κ1) is 17.4. The molecule has 2 atom stereocenters. The molecule has 3 rings (SSSR count). The van der Waals surface area contributed by atoms with Crippen molar-refractivity contribution in [3.8, 4) is 0 Å². The Morgan fingerprint density at radius 3 is 3.12 bits per heavy atom. The van der Waals surface area contributed by atoms with E-state index in [0.29, 0.717) is 12.0 Å². The van der Waals surface area contributed by atoms with E-state index in [1.54, 1.807) is 6.20 Å². The molecular formula is C19H26N6. The maximum absolute atomic E-state index is 7.70. The van der Waals surface area contributed by atoms with Crippen LogP contribution in [0, 0.1) is 11.3 Å². The molecule has 0 saturated carbocycles. The summed E-state index contributed by atoms with van der Waals surface area (Å²) in [6.07, 6.45) is 9.05. The second kappa shape index (κ2) is 7.61. The predicted molar refractivity (Wildman–Crippen MR) is 106 cm³/mol. The first-order valence-corrected chi connectivity index (χ1v) is 8.78. The fourth-order valence-electron chi connectivity index (χ4n) is 3.85. The highest BCUT2D eigenvalue weighted by atomic mass is 15.2. The molecule has 1 saturated heterocycles. The summed E-state index contributed by atoms with van der Waals surface area (Å²) in [7, 11) is 2.05. The van der Waals surface area contributed by atoms with E-state index >= 15 is 0 Å². The van der Waals surface area contributed by atoms with Crippen LogP contribution in [0.1, 0.15) is 25.3 Å². The van der Waals surface area contributed by atoms with Crippen molar-refractivity contribution >= 4 is 35.2 Å². The Hall–Kier alpha value is -2.47. The van der Waals surface area contributed by atoms with Gasteiger partial charge in [0.1, 0.15) is 5.65 Å². The van der Waals surface area contributed by atoms with Crippen molar-refractivity contribution in [1.82, 2.24) is 15.3 Å². The minimum absolute atomic E-state index is 0.483. The minimum atomic E-state index is 0.483. The van der Waals surface area contributed by atoms with E-state index in [1.165, 1.54) is 19.1 Å². The van der Waals surface area contributed by atoms with Gasteiger partial charge in [-0.2, -0.15) is 0 Å². The van der Waals surface area contributed by atoms with Crippen LogP contribution in [-0.4, -0.2) is 49.1 Å². The molecule has 1 fully saturated rings. The van der Waals surface area contributed by atoms with Crippen molar-refractivity contribution in [2.75, 3.05) is 25.0 Å². The second-order valence-electron chi connectivity index (χ2n) is 6.47. The first-order valence-electron chi connectivity index (χ1n) is 8.78. The maximum atomic E-state index is 7.70.